The summed E-state index contributed by atoms with van der Waals surface area (Å²) in [5.74, 6) is -16.0. The van der Waals surface area contributed by atoms with Gasteiger partial charge < -0.3 is 4.55 Å². The summed E-state index contributed by atoms with van der Waals surface area (Å²) in [5, 5.41) is -19.8. The third-order valence-corrected chi connectivity index (χ3v) is 4.18. The monoisotopic (exact) mass is 586 g/mol. The average Bonchev–Trinajstić information content (AvgIpc) is 2.41. The van der Waals surface area contributed by atoms with Crippen LogP contribution in [0.1, 0.15) is 0 Å². The summed E-state index contributed by atoms with van der Waals surface area (Å²) in [6.45, 7) is 0. The van der Waals surface area contributed by atoms with Gasteiger partial charge in [-0.1, -0.05) is 0 Å². The first-order valence-corrected chi connectivity index (χ1v) is 8.15. The van der Waals surface area contributed by atoms with Gasteiger partial charge in [0.1, 0.15) is 0 Å². The molecule has 188 valence electrons. The van der Waals surface area contributed by atoms with Gasteiger partial charge in [-0.15, -0.1) is 0 Å². The van der Waals surface area contributed by atoms with Crippen LogP contribution in [0, 0.1) is 0 Å². The van der Waals surface area contributed by atoms with Crippen molar-refractivity contribution in [2.75, 3.05) is 0 Å². The maximum Gasteiger partial charge on any atom is 1.00 e. The van der Waals surface area contributed by atoms with E-state index in [1.807, 2.05) is 4.74 Å². The summed E-state index contributed by atoms with van der Waals surface area (Å²) in [4.78, 5) is 0. The number of hydrogen-bond donors (Lipinski definition) is 0. The molecule has 2 unspecified atom stereocenters. The molecule has 0 N–H and O–H groups in total. The zero-order valence-electron chi connectivity index (χ0n) is 13.9. The van der Waals surface area contributed by atoms with E-state index in [1.54, 1.807) is 0 Å². The largest absolute Gasteiger partial charge is 1.00 e. The molecule has 0 bridgehead atoms. The Balaban J connectivity index is 0. The third kappa shape index (κ3) is 5.94. The smallest absolute Gasteiger partial charge is 0.743 e. The fourth-order valence-corrected chi connectivity index (χ4v) is 1.70. The minimum atomic E-state index is -8.04. The van der Waals surface area contributed by atoms with Gasteiger partial charge in [0.25, 0.3) is 0 Å². The van der Waals surface area contributed by atoms with Crippen LogP contribution in [-0.4, -0.2) is 59.1 Å². The molecule has 0 fully saturated rings. The fourth-order valence-electron chi connectivity index (χ4n) is 1.13. The molecule has 0 saturated heterocycles. The number of halogens is 17. The quantitative estimate of drug-likeness (QED) is 0.179. The Hall–Kier alpha value is 0.360. The fraction of sp³-hybridized carbons (Fsp3) is 1.00. The van der Waals surface area contributed by atoms with Crippen LogP contribution in [0.5, 0.6) is 0 Å². The van der Waals surface area contributed by atoms with Crippen LogP contribution in [0.2, 0.25) is 0 Å². The van der Waals surface area contributed by atoms with E-state index >= 15 is 0 Å². The van der Waals surface area contributed by atoms with E-state index in [0.29, 0.717) is 0 Å². The second-order valence-electron chi connectivity index (χ2n) is 4.89. The van der Waals surface area contributed by atoms with Gasteiger partial charge in [-0.2, -0.15) is 65.9 Å². The molecule has 0 aliphatic rings. The maximum atomic E-state index is 13.7. The summed E-state index contributed by atoms with van der Waals surface area (Å²) in [6.07, 6.45) is -23.5. The standard InChI is InChI=1S/C8HCl2F15O5S.Na/c9-3(14,15)4(10,16)30-7(22,23)2(13,5(17,18)19)29-6(20,21)1(11,12)8(24,25)31(26,27)28;/h(H,26,27,28);/q;+1/p-1. The van der Waals surface area contributed by atoms with Crippen molar-refractivity contribution in [1.29, 1.82) is 0 Å². The number of rotatable bonds is 9. The Labute approximate surface area is 197 Å². The number of alkyl halides is 17. The first-order chi connectivity index (χ1) is 12.9. The second-order valence-corrected chi connectivity index (χ2v) is 7.27. The van der Waals surface area contributed by atoms with Crippen LogP contribution in [0.3, 0.4) is 0 Å². The van der Waals surface area contributed by atoms with Crippen molar-refractivity contribution in [2.45, 2.75) is 46.1 Å². The molecule has 0 aromatic carbocycles. The Morgan fingerprint density at radius 2 is 1.00 bits per heavy atom. The number of hydrogen-bond acceptors (Lipinski definition) is 5. The summed E-state index contributed by atoms with van der Waals surface area (Å²) in [7, 11) is -7.93. The summed E-state index contributed by atoms with van der Waals surface area (Å²) < 4.78 is 227. The van der Waals surface area contributed by atoms with E-state index in [2.05, 4.69) is 23.2 Å². The Kier molecular flexibility index (Phi) is 9.82. The van der Waals surface area contributed by atoms with Crippen molar-refractivity contribution in [2.24, 2.45) is 0 Å². The molecular formula is C8Cl2F15NaO5S. The molecule has 5 nitrogen and oxygen atoms in total. The van der Waals surface area contributed by atoms with E-state index in [1.165, 1.54) is 4.74 Å². The van der Waals surface area contributed by atoms with Crippen molar-refractivity contribution in [1.82, 2.24) is 0 Å². The van der Waals surface area contributed by atoms with Gasteiger partial charge in [0.2, 0.25) is 0 Å². The molecular weight excluding hydrogens is 587 g/mol. The molecule has 24 heteroatoms. The van der Waals surface area contributed by atoms with Gasteiger partial charge in [-0.05, 0) is 23.2 Å². The minimum absolute atomic E-state index is 0. The Bertz CT molecular complexity index is 782. The molecule has 0 aromatic heterocycles. The van der Waals surface area contributed by atoms with E-state index in [9.17, 15) is 78.8 Å². The minimum Gasteiger partial charge on any atom is -0.743 e. The molecule has 0 aliphatic heterocycles. The first kappa shape index (κ1) is 34.5. The summed E-state index contributed by atoms with van der Waals surface area (Å²) in [6, 6.07) is 0. The van der Waals surface area contributed by atoms with Gasteiger partial charge in [-0.3, -0.25) is 9.47 Å². The Morgan fingerprint density at radius 1 is 0.656 bits per heavy atom. The molecule has 0 spiro atoms. The predicted octanol–water partition coefficient (Wildman–Crippen LogP) is 1.90. The van der Waals surface area contributed by atoms with E-state index in [-0.39, 0.29) is 29.6 Å². The zero-order valence-corrected chi connectivity index (χ0v) is 18.2. The van der Waals surface area contributed by atoms with Crippen LogP contribution in [0.15, 0.2) is 0 Å². The molecule has 0 radical (unpaired) electrons. The van der Waals surface area contributed by atoms with Gasteiger partial charge in [0.15, 0.2) is 10.1 Å². The van der Waals surface area contributed by atoms with Crippen LogP contribution >= 0.6 is 23.2 Å². The molecule has 0 heterocycles. The zero-order chi connectivity index (χ0) is 25.9. The summed E-state index contributed by atoms with van der Waals surface area (Å²) >= 11 is 7.53. The normalized spacial score (nSPS) is 19.1. The van der Waals surface area contributed by atoms with Crippen molar-refractivity contribution in [3.05, 3.63) is 0 Å². The molecule has 0 aromatic rings. The van der Waals surface area contributed by atoms with Gasteiger partial charge >= 0.3 is 75.7 Å². The molecule has 32 heavy (non-hydrogen) atoms. The Morgan fingerprint density at radius 3 is 1.25 bits per heavy atom. The summed E-state index contributed by atoms with van der Waals surface area (Å²) in [5.41, 5.74) is 0. The van der Waals surface area contributed by atoms with Crippen LogP contribution in [-0.2, 0) is 19.6 Å². The molecule has 2 atom stereocenters. The number of ether oxygens (including phenoxy) is 2. The van der Waals surface area contributed by atoms with Gasteiger partial charge in [0, 0.05) is 0 Å². The molecule has 0 amide bonds. The van der Waals surface area contributed by atoms with Crippen molar-refractivity contribution >= 4 is 33.3 Å². The van der Waals surface area contributed by atoms with Crippen molar-refractivity contribution in [3.8, 4) is 0 Å². The predicted molar refractivity (Wildman–Crippen MR) is 62.0 cm³/mol. The molecule has 0 saturated carbocycles. The molecule has 0 aliphatic carbocycles. The third-order valence-electron chi connectivity index (χ3n) is 2.64. The SMILES string of the molecule is O=S(=O)([O-])C(F)(F)C(F)(F)C(F)(F)OC(F)(C(F)(F)F)C(F)(F)OC(F)(Cl)C(F)(F)Cl.[Na+]. The van der Waals surface area contributed by atoms with Crippen molar-refractivity contribution < 1.29 is 118 Å². The van der Waals surface area contributed by atoms with E-state index < -0.39 is 56.2 Å². The first-order valence-electron chi connectivity index (χ1n) is 5.98. The average molecular weight is 587 g/mol. The maximum absolute atomic E-state index is 13.7. The van der Waals surface area contributed by atoms with Gasteiger partial charge in [0.05, 0.1) is 0 Å². The van der Waals surface area contributed by atoms with Gasteiger partial charge in [-0.25, -0.2) is 8.42 Å². The second kappa shape index (κ2) is 9.10. The van der Waals surface area contributed by atoms with Crippen LogP contribution in [0.4, 0.5) is 65.9 Å². The van der Waals surface area contributed by atoms with E-state index in [0.717, 1.165) is 0 Å². The topological polar surface area (TPSA) is 75.7 Å². The van der Waals surface area contributed by atoms with Crippen LogP contribution in [0.25, 0.3) is 0 Å². The van der Waals surface area contributed by atoms with Crippen molar-refractivity contribution in [3.63, 3.8) is 0 Å². The van der Waals surface area contributed by atoms with E-state index in [4.69, 9.17) is 0 Å². The molecule has 0 rings (SSSR count). The van der Waals surface area contributed by atoms with Crippen LogP contribution < -0.4 is 29.6 Å².